The normalized spacial score (nSPS) is 13.0. The number of anilines is 1. The Hall–Kier alpha value is -3.45. The number of nitriles is 1. The third kappa shape index (κ3) is 6.04. The van der Waals surface area contributed by atoms with Crippen LogP contribution in [0.1, 0.15) is 36.7 Å². The second-order valence-corrected chi connectivity index (χ2v) is 9.34. The molecule has 2 aromatic carbocycles. The van der Waals surface area contributed by atoms with Crippen molar-refractivity contribution in [3.8, 4) is 6.07 Å². The van der Waals surface area contributed by atoms with Crippen molar-refractivity contribution in [1.82, 2.24) is 5.32 Å². The SMILES string of the molecule is Cc1ccc(F)cc1S(=O)(=O)Nc1cccc(C(=O)OCC(=O)N[C@](C)(C#N)C(C)C)c1. The summed E-state index contributed by atoms with van der Waals surface area (Å²) in [5, 5.41) is 11.8. The number of nitrogens with zero attached hydrogens (tertiary/aromatic N) is 1. The van der Waals surface area contributed by atoms with Gasteiger partial charge in [-0.15, -0.1) is 0 Å². The van der Waals surface area contributed by atoms with Crippen LogP contribution < -0.4 is 10.0 Å². The Kier molecular flexibility index (Phi) is 7.59. The van der Waals surface area contributed by atoms with Gasteiger partial charge in [-0.2, -0.15) is 5.26 Å². The number of hydrogen-bond acceptors (Lipinski definition) is 6. The summed E-state index contributed by atoms with van der Waals surface area (Å²) in [6.07, 6.45) is 0. The molecule has 0 saturated carbocycles. The van der Waals surface area contributed by atoms with Crippen LogP contribution in [-0.2, 0) is 19.6 Å². The van der Waals surface area contributed by atoms with Crippen molar-refractivity contribution in [3.63, 3.8) is 0 Å². The molecule has 2 N–H and O–H groups in total. The Morgan fingerprint density at radius 3 is 2.53 bits per heavy atom. The van der Waals surface area contributed by atoms with Crippen LogP contribution in [0.2, 0.25) is 0 Å². The van der Waals surface area contributed by atoms with E-state index in [2.05, 4.69) is 10.0 Å². The van der Waals surface area contributed by atoms with E-state index in [1.165, 1.54) is 37.3 Å². The Morgan fingerprint density at radius 1 is 1.22 bits per heavy atom. The van der Waals surface area contributed by atoms with Crippen LogP contribution >= 0.6 is 0 Å². The number of rotatable bonds is 8. The van der Waals surface area contributed by atoms with Crippen molar-refractivity contribution < 1.29 is 27.1 Å². The lowest BCUT2D eigenvalue weighted by Gasteiger charge is -2.27. The first-order valence-corrected chi connectivity index (χ1v) is 11.1. The van der Waals surface area contributed by atoms with E-state index in [0.717, 1.165) is 12.1 Å². The highest BCUT2D eigenvalue weighted by molar-refractivity contribution is 7.92. The zero-order valence-electron chi connectivity index (χ0n) is 18.1. The number of aryl methyl sites for hydroxylation is 1. The number of benzene rings is 2. The highest BCUT2D eigenvalue weighted by atomic mass is 32.2. The van der Waals surface area contributed by atoms with Gasteiger partial charge in [0.1, 0.15) is 11.4 Å². The molecule has 1 atom stereocenters. The second kappa shape index (κ2) is 9.78. The minimum atomic E-state index is -4.10. The van der Waals surface area contributed by atoms with Crippen LogP contribution in [0.15, 0.2) is 47.4 Å². The van der Waals surface area contributed by atoms with Crippen molar-refractivity contribution in [1.29, 1.82) is 5.26 Å². The predicted molar refractivity (Wildman–Crippen MR) is 116 cm³/mol. The number of carbonyl (C=O) groups is 2. The number of amides is 1. The first-order valence-electron chi connectivity index (χ1n) is 9.66. The van der Waals surface area contributed by atoms with Crippen LogP contribution in [-0.4, -0.2) is 32.4 Å². The minimum absolute atomic E-state index is 0.000804. The third-order valence-corrected chi connectivity index (χ3v) is 6.43. The molecule has 0 bridgehead atoms. The van der Waals surface area contributed by atoms with Crippen LogP contribution in [0.3, 0.4) is 0 Å². The molecule has 0 saturated heterocycles. The topological polar surface area (TPSA) is 125 Å². The fourth-order valence-electron chi connectivity index (χ4n) is 2.62. The van der Waals surface area contributed by atoms with E-state index in [4.69, 9.17) is 4.74 Å². The van der Waals surface area contributed by atoms with Crippen LogP contribution in [0.4, 0.5) is 10.1 Å². The largest absolute Gasteiger partial charge is 0.452 e. The lowest BCUT2D eigenvalue weighted by atomic mass is 9.90. The zero-order chi connectivity index (χ0) is 24.1. The zero-order valence-corrected chi connectivity index (χ0v) is 18.9. The van der Waals surface area contributed by atoms with Gasteiger partial charge in [0.2, 0.25) is 0 Å². The van der Waals surface area contributed by atoms with Crippen molar-refractivity contribution in [2.45, 2.75) is 38.1 Å². The van der Waals surface area contributed by atoms with E-state index in [-0.39, 0.29) is 22.1 Å². The summed E-state index contributed by atoms with van der Waals surface area (Å²) in [6, 6.07) is 10.9. The number of carbonyl (C=O) groups excluding carboxylic acids is 2. The molecule has 0 fully saturated rings. The minimum Gasteiger partial charge on any atom is -0.452 e. The maximum absolute atomic E-state index is 13.5. The molecule has 0 unspecified atom stereocenters. The number of halogens is 1. The van der Waals surface area contributed by atoms with Gasteiger partial charge in [0, 0.05) is 5.69 Å². The standard InChI is InChI=1S/C22H24FN3O5S/c1-14(2)22(4,13-24)25-20(27)12-31-21(28)16-6-5-7-18(10-16)26-32(29,30)19-11-17(23)9-8-15(19)3/h5-11,14,26H,12H2,1-4H3,(H,25,27)/t22-/m1/s1. The van der Waals surface area contributed by atoms with Crippen LogP contribution in [0, 0.1) is 30.0 Å². The van der Waals surface area contributed by atoms with Crippen LogP contribution in [0.25, 0.3) is 0 Å². The fraction of sp³-hybridized carbons (Fsp3) is 0.318. The summed E-state index contributed by atoms with van der Waals surface area (Å²) in [6.45, 7) is 6.03. The highest BCUT2D eigenvalue weighted by Crippen LogP contribution is 2.21. The van der Waals surface area contributed by atoms with Gasteiger partial charge in [0.25, 0.3) is 15.9 Å². The smallest absolute Gasteiger partial charge is 0.338 e. The molecule has 0 aromatic heterocycles. The number of nitrogens with one attached hydrogen (secondary N) is 2. The number of esters is 1. The summed E-state index contributed by atoms with van der Waals surface area (Å²) < 4.78 is 46.0. The van der Waals surface area contributed by atoms with Crippen LogP contribution in [0.5, 0.6) is 0 Å². The van der Waals surface area contributed by atoms with Gasteiger partial charge in [0.05, 0.1) is 16.5 Å². The first-order chi connectivity index (χ1) is 14.9. The average molecular weight is 462 g/mol. The second-order valence-electron chi connectivity index (χ2n) is 7.69. The van der Waals surface area contributed by atoms with Gasteiger partial charge in [-0.3, -0.25) is 9.52 Å². The monoisotopic (exact) mass is 461 g/mol. The molecule has 10 heteroatoms. The molecular weight excluding hydrogens is 437 g/mol. The predicted octanol–water partition coefficient (Wildman–Crippen LogP) is 3.15. The van der Waals surface area contributed by atoms with Gasteiger partial charge < -0.3 is 10.1 Å². The Bertz CT molecular complexity index is 1170. The number of hydrogen-bond donors (Lipinski definition) is 2. The van der Waals surface area contributed by atoms with Crippen molar-refractivity contribution in [2.24, 2.45) is 5.92 Å². The molecule has 0 aliphatic rings. The summed E-state index contributed by atoms with van der Waals surface area (Å²) in [4.78, 5) is 24.1. The molecule has 0 radical (unpaired) electrons. The van der Waals surface area contributed by atoms with Gasteiger partial charge in [-0.1, -0.05) is 26.0 Å². The average Bonchev–Trinajstić information content (AvgIpc) is 2.73. The maximum Gasteiger partial charge on any atom is 0.338 e. The molecule has 0 spiro atoms. The molecule has 32 heavy (non-hydrogen) atoms. The lowest BCUT2D eigenvalue weighted by Crippen LogP contribution is -2.50. The van der Waals surface area contributed by atoms with E-state index in [1.54, 1.807) is 20.8 Å². The summed E-state index contributed by atoms with van der Waals surface area (Å²) in [5.41, 5.74) is -0.701. The van der Waals surface area contributed by atoms with E-state index >= 15 is 0 Å². The molecule has 170 valence electrons. The summed E-state index contributed by atoms with van der Waals surface area (Å²) >= 11 is 0. The molecule has 8 nitrogen and oxygen atoms in total. The number of ether oxygens (including phenoxy) is 1. The Balaban J connectivity index is 2.09. The van der Waals surface area contributed by atoms with E-state index in [0.29, 0.717) is 5.56 Å². The first kappa shape index (κ1) is 24.8. The number of sulfonamides is 1. The lowest BCUT2D eigenvalue weighted by molar-refractivity contribution is -0.125. The fourth-order valence-corrected chi connectivity index (χ4v) is 3.93. The molecule has 0 aliphatic heterocycles. The molecule has 2 rings (SSSR count). The van der Waals surface area contributed by atoms with Gasteiger partial charge in [-0.25, -0.2) is 17.6 Å². The molecule has 0 heterocycles. The summed E-state index contributed by atoms with van der Waals surface area (Å²) in [5.74, 6) is -2.36. The quantitative estimate of drug-likeness (QED) is 0.582. The van der Waals surface area contributed by atoms with Crippen molar-refractivity contribution >= 4 is 27.6 Å². The van der Waals surface area contributed by atoms with Gasteiger partial charge in [-0.05, 0) is 55.7 Å². The highest BCUT2D eigenvalue weighted by Gasteiger charge is 2.30. The molecule has 2 aromatic rings. The molecule has 1 amide bonds. The van der Waals surface area contributed by atoms with Crippen molar-refractivity contribution in [2.75, 3.05) is 11.3 Å². The van der Waals surface area contributed by atoms with Gasteiger partial charge >= 0.3 is 5.97 Å². The molecular formula is C22H24FN3O5S. The summed E-state index contributed by atoms with van der Waals surface area (Å²) in [7, 11) is -4.10. The van der Waals surface area contributed by atoms with E-state index < -0.39 is 39.9 Å². The maximum atomic E-state index is 13.5. The van der Waals surface area contributed by atoms with E-state index in [1.807, 2.05) is 6.07 Å². The van der Waals surface area contributed by atoms with E-state index in [9.17, 15) is 27.7 Å². The molecule has 0 aliphatic carbocycles. The Labute approximate surface area is 186 Å². The third-order valence-electron chi connectivity index (χ3n) is 4.91. The van der Waals surface area contributed by atoms with Gasteiger partial charge in [0.15, 0.2) is 6.61 Å². The Morgan fingerprint density at radius 2 is 1.91 bits per heavy atom. The van der Waals surface area contributed by atoms with Crippen molar-refractivity contribution in [3.05, 3.63) is 59.4 Å².